The molecule has 0 aliphatic rings. The summed E-state index contributed by atoms with van der Waals surface area (Å²) in [6.07, 6.45) is 3.73. The van der Waals surface area contributed by atoms with E-state index in [0.717, 1.165) is 18.1 Å². The van der Waals surface area contributed by atoms with Crippen LogP contribution in [0.15, 0.2) is 23.6 Å². The van der Waals surface area contributed by atoms with Crippen LogP contribution in [0.25, 0.3) is 0 Å². The first-order valence-electron chi connectivity index (χ1n) is 5.36. The van der Waals surface area contributed by atoms with Crippen molar-refractivity contribution in [1.82, 2.24) is 19.5 Å². The first-order chi connectivity index (χ1) is 8.19. The van der Waals surface area contributed by atoms with Crippen molar-refractivity contribution in [2.75, 3.05) is 0 Å². The Bertz CT molecular complexity index is 501. The van der Waals surface area contributed by atoms with Crippen LogP contribution >= 0.6 is 36.6 Å². The fourth-order valence-electron chi connectivity index (χ4n) is 1.49. The summed E-state index contributed by atoms with van der Waals surface area (Å²) in [6.45, 7) is 4.80. The molecular formula is C11H16Cl2N4OS. The zero-order chi connectivity index (χ0) is 12.3. The van der Waals surface area contributed by atoms with E-state index in [0.29, 0.717) is 10.9 Å². The molecule has 0 amide bonds. The molecule has 0 fully saturated rings. The highest BCUT2D eigenvalue weighted by Gasteiger charge is 2.06. The maximum Gasteiger partial charge on any atom is 0.215 e. The van der Waals surface area contributed by atoms with Gasteiger partial charge >= 0.3 is 0 Å². The van der Waals surface area contributed by atoms with E-state index < -0.39 is 0 Å². The Labute approximate surface area is 128 Å². The number of rotatable bonds is 4. The molecule has 19 heavy (non-hydrogen) atoms. The first kappa shape index (κ1) is 18.0. The van der Waals surface area contributed by atoms with Crippen molar-refractivity contribution in [3.8, 4) is 5.88 Å². The van der Waals surface area contributed by atoms with Crippen LogP contribution < -0.4 is 0 Å². The van der Waals surface area contributed by atoms with Crippen molar-refractivity contribution >= 4 is 36.6 Å². The van der Waals surface area contributed by atoms with E-state index in [2.05, 4.69) is 26.4 Å². The predicted octanol–water partition coefficient (Wildman–Crippen LogP) is 2.84. The van der Waals surface area contributed by atoms with E-state index in [9.17, 15) is 5.11 Å². The zero-order valence-corrected chi connectivity index (χ0v) is 13.1. The molecule has 2 heterocycles. The molecule has 106 valence electrons. The van der Waals surface area contributed by atoms with Gasteiger partial charge in [0.05, 0.1) is 5.75 Å². The number of aryl methyl sites for hydroxylation is 2. The number of aromatic nitrogens is 4. The summed E-state index contributed by atoms with van der Waals surface area (Å²) in [6, 6.07) is 1.54. The monoisotopic (exact) mass is 322 g/mol. The highest BCUT2D eigenvalue weighted by atomic mass is 35.5. The Morgan fingerprint density at radius 3 is 2.68 bits per heavy atom. The van der Waals surface area contributed by atoms with Gasteiger partial charge in [0, 0.05) is 30.7 Å². The zero-order valence-electron chi connectivity index (χ0n) is 10.6. The molecule has 0 bridgehead atoms. The van der Waals surface area contributed by atoms with Gasteiger partial charge in [-0.05, 0) is 13.8 Å². The van der Waals surface area contributed by atoms with Crippen molar-refractivity contribution in [2.24, 2.45) is 0 Å². The molecule has 0 radical (unpaired) electrons. The molecule has 8 heteroatoms. The molecule has 1 N–H and O–H groups in total. The van der Waals surface area contributed by atoms with Gasteiger partial charge in [0.1, 0.15) is 5.82 Å². The quantitative estimate of drug-likeness (QED) is 0.692. The van der Waals surface area contributed by atoms with Crippen LogP contribution in [0.4, 0.5) is 0 Å². The number of nitrogens with zero attached hydrogens (tertiary/aromatic N) is 4. The topological polar surface area (TPSA) is 63.8 Å². The van der Waals surface area contributed by atoms with Crippen molar-refractivity contribution in [1.29, 1.82) is 0 Å². The highest BCUT2D eigenvalue weighted by molar-refractivity contribution is 7.98. The van der Waals surface area contributed by atoms with E-state index in [1.165, 1.54) is 17.8 Å². The number of halogens is 2. The van der Waals surface area contributed by atoms with Gasteiger partial charge in [0.2, 0.25) is 5.88 Å². The van der Waals surface area contributed by atoms with Gasteiger partial charge < -0.3 is 9.67 Å². The smallest absolute Gasteiger partial charge is 0.215 e. The number of thioether (sulfide) groups is 1. The van der Waals surface area contributed by atoms with Crippen LogP contribution in [-0.4, -0.2) is 24.6 Å². The van der Waals surface area contributed by atoms with Crippen molar-refractivity contribution < 1.29 is 5.11 Å². The lowest BCUT2D eigenvalue weighted by Gasteiger charge is -2.04. The Morgan fingerprint density at radius 1 is 1.32 bits per heavy atom. The third-order valence-corrected chi connectivity index (χ3v) is 3.14. The lowest BCUT2D eigenvalue weighted by atomic mass is 10.4. The van der Waals surface area contributed by atoms with Gasteiger partial charge in [0.15, 0.2) is 5.16 Å². The molecule has 0 saturated carbocycles. The lowest BCUT2D eigenvalue weighted by molar-refractivity contribution is 0.444. The fraction of sp³-hybridized carbons (Fsp3) is 0.364. The van der Waals surface area contributed by atoms with Gasteiger partial charge in [0.25, 0.3) is 0 Å². The van der Waals surface area contributed by atoms with E-state index in [4.69, 9.17) is 0 Å². The largest absolute Gasteiger partial charge is 0.493 e. The van der Waals surface area contributed by atoms with Crippen LogP contribution in [0.3, 0.4) is 0 Å². The summed E-state index contributed by atoms with van der Waals surface area (Å²) in [5.74, 6) is 1.70. The summed E-state index contributed by atoms with van der Waals surface area (Å²) < 4.78 is 2.07. The summed E-state index contributed by atoms with van der Waals surface area (Å²) in [4.78, 5) is 12.5. The number of hydrogen-bond acceptors (Lipinski definition) is 5. The number of imidazole rings is 1. The first-order valence-corrected chi connectivity index (χ1v) is 6.35. The second kappa shape index (κ2) is 8.24. The average molecular weight is 323 g/mol. The molecule has 0 saturated heterocycles. The van der Waals surface area contributed by atoms with Crippen LogP contribution in [0.1, 0.15) is 18.4 Å². The molecule has 5 nitrogen and oxygen atoms in total. The second-order valence-electron chi connectivity index (χ2n) is 3.57. The van der Waals surface area contributed by atoms with E-state index in [1.807, 2.05) is 13.1 Å². The molecule has 0 atom stereocenters. The SMILES string of the molecule is CCn1ccnc1CSc1nc(C)cc(O)n1.Cl.Cl. The maximum absolute atomic E-state index is 9.37. The Hall–Kier alpha value is -0.980. The molecule has 0 aliphatic heterocycles. The van der Waals surface area contributed by atoms with Gasteiger partial charge in [-0.3, -0.25) is 0 Å². The molecule has 0 aliphatic carbocycles. The molecule has 0 aromatic carbocycles. The summed E-state index contributed by atoms with van der Waals surface area (Å²) in [7, 11) is 0. The minimum atomic E-state index is 0. The van der Waals surface area contributed by atoms with E-state index >= 15 is 0 Å². The molecular weight excluding hydrogens is 307 g/mol. The number of hydrogen-bond donors (Lipinski definition) is 1. The number of aromatic hydroxyl groups is 1. The van der Waals surface area contributed by atoms with Crippen molar-refractivity contribution in [3.63, 3.8) is 0 Å². The molecule has 2 aromatic rings. The second-order valence-corrected chi connectivity index (χ2v) is 4.51. The molecule has 2 aromatic heterocycles. The summed E-state index contributed by atoms with van der Waals surface area (Å²) in [5, 5.41) is 9.94. The highest BCUT2D eigenvalue weighted by Crippen LogP contribution is 2.20. The molecule has 2 rings (SSSR count). The van der Waals surface area contributed by atoms with Crippen molar-refractivity contribution in [3.05, 3.63) is 30.0 Å². The fourth-order valence-corrected chi connectivity index (χ4v) is 2.35. The van der Waals surface area contributed by atoms with Gasteiger partial charge in [-0.2, -0.15) is 4.98 Å². The Kier molecular flexibility index (Phi) is 7.82. The lowest BCUT2D eigenvalue weighted by Crippen LogP contribution is -1.99. The van der Waals surface area contributed by atoms with Crippen LogP contribution in [0.2, 0.25) is 0 Å². The summed E-state index contributed by atoms with van der Waals surface area (Å²) >= 11 is 1.47. The van der Waals surface area contributed by atoms with E-state index in [-0.39, 0.29) is 30.7 Å². The van der Waals surface area contributed by atoms with E-state index in [1.54, 1.807) is 6.20 Å². The summed E-state index contributed by atoms with van der Waals surface area (Å²) in [5.41, 5.74) is 0.763. The van der Waals surface area contributed by atoms with Crippen LogP contribution in [-0.2, 0) is 12.3 Å². The normalized spacial score (nSPS) is 9.58. The van der Waals surface area contributed by atoms with Gasteiger partial charge in [-0.1, -0.05) is 11.8 Å². The van der Waals surface area contributed by atoms with Gasteiger partial charge in [-0.25, -0.2) is 9.97 Å². The van der Waals surface area contributed by atoms with Crippen LogP contribution in [0.5, 0.6) is 5.88 Å². The van der Waals surface area contributed by atoms with Crippen LogP contribution in [0, 0.1) is 6.92 Å². The molecule has 0 spiro atoms. The van der Waals surface area contributed by atoms with Crippen molar-refractivity contribution in [2.45, 2.75) is 31.3 Å². The minimum Gasteiger partial charge on any atom is -0.493 e. The average Bonchev–Trinajstić information content (AvgIpc) is 2.72. The predicted molar refractivity (Wildman–Crippen MR) is 80.4 cm³/mol. The third kappa shape index (κ3) is 4.89. The standard InChI is InChI=1S/C11H14N4OS.2ClH/c1-3-15-5-4-12-9(15)7-17-11-13-8(2)6-10(16)14-11;;/h4-6H,3,7H2,1-2H3,(H,13,14,16);2*1H. The minimum absolute atomic E-state index is 0. The Morgan fingerprint density at radius 2 is 2.05 bits per heavy atom. The van der Waals surface area contributed by atoms with Gasteiger partial charge in [-0.15, -0.1) is 24.8 Å². The third-order valence-electron chi connectivity index (χ3n) is 2.29. The maximum atomic E-state index is 9.37. The Balaban J connectivity index is 0.00000162. The molecule has 0 unspecified atom stereocenters.